The van der Waals surface area contributed by atoms with Gasteiger partial charge in [-0.25, -0.2) is 0 Å². The van der Waals surface area contributed by atoms with Crippen molar-refractivity contribution >= 4 is 43.3 Å². The van der Waals surface area contributed by atoms with E-state index in [0.29, 0.717) is 61.9 Å². The largest absolute Gasteiger partial charge is 0.493 e. The van der Waals surface area contributed by atoms with E-state index in [4.69, 9.17) is 4.74 Å². The maximum Gasteiger partial charge on any atom is 0.488 e. The van der Waals surface area contributed by atoms with Crippen LogP contribution in [0.5, 0.6) is 11.5 Å². The highest BCUT2D eigenvalue weighted by Gasteiger charge is 2.21. The molecule has 3 heterocycles. The lowest BCUT2D eigenvalue weighted by Gasteiger charge is -2.19. The summed E-state index contributed by atoms with van der Waals surface area (Å²) in [7, 11) is -5.24. The third-order valence-electron chi connectivity index (χ3n) is 6.01. The summed E-state index contributed by atoms with van der Waals surface area (Å²) in [5.41, 5.74) is 3.06. The first-order chi connectivity index (χ1) is 17.6. The molecule has 5 rings (SSSR count). The summed E-state index contributed by atoms with van der Waals surface area (Å²) in [5.74, 6) is 0.0681. The van der Waals surface area contributed by atoms with Gasteiger partial charge >= 0.3 is 10.5 Å². The van der Waals surface area contributed by atoms with Gasteiger partial charge in [0.1, 0.15) is 11.4 Å². The van der Waals surface area contributed by atoms with Gasteiger partial charge in [0.15, 0.2) is 11.2 Å². The van der Waals surface area contributed by atoms with E-state index in [2.05, 4.69) is 20.2 Å². The molecule has 1 N–H and O–H groups in total. The number of nitriles is 1. The van der Waals surface area contributed by atoms with Gasteiger partial charge in [-0.15, -0.1) is 0 Å². The number of rotatable bonds is 6. The fourth-order valence-electron chi connectivity index (χ4n) is 4.63. The fraction of sp³-hybridized carbons (Fsp3) is 0.192. The second kappa shape index (κ2) is 8.90. The van der Waals surface area contributed by atoms with Crippen LogP contribution >= 0.6 is 0 Å². The number of nitrogens with one attached hydrogen (secondary N) is 1. The highest BCUT2D eigenvalue weighted by molar-refractivity contribution is 7.81. The Labute approximate surface area is 211 Å². The zero-order chi connectivity index (χ0) is 26.5. The molecular formula is C26H21FN4O5S. The van der Waals surface area contributed by atoms with Crippen LogP contribution in [0.4, 0.5) is 3.89 Å². The Kier molecular flexibility index (Phi) is 5.84. The zero-order valence-electron chi connectivity index (χ0n) is 20.1. The quantitative estimate of drug-likeness (QED) is 0.307. The lowest BCUT2D eigenvalue weighted by Crippen LogP contribution is -2.13. The third-order valence-corrected chi connectivity index (χ3v) is 6.41. The van der Waals surface area contributed by atoms with Crippen molar-refractivity contribution in [3.63, 3.8) is 0 Å². The maximum atomic E-state index is 13.8. The minimum atomic E-state index is -5.24. The third kappa shape index (κ3) is 4.25. The van der Waals surface area contributed by atoms with E-state index < -0.39 is 10.5 Å². The van der Waals surface area contributed by atoms with Crippen molar-refractivity contribution in [2.45, 2.75) is 26.8 Å². The molecule has 5 aromatic rings. The number of aromatic amines is 1. The standard InChI is InChI=1S/C26H21FN4O5S/c1-4-35-23-10-20-22(9-19(23)16-8-17(13-29-12-16)36-37(27,33)34)31(14(2)3)26-24(25(20)32)18-6-5-15(11-28)7-21(18)30-26/h5-10,12-14,30H,4H2,1-3H3. The van der Waals surface area contributed by atoms with Gasteiger partial charge in [0, 0.05) is 34.3 Å². The number of nitrogens with zero attached hydrogens (tertiary/aromatic N) is 3. The van der Waals surface area contributed by atoms with Gasteiger partial charge in [-0.1, -0.05) is 9.95 Å². The van der Waals surface area contributed by atoms with Crippen molar-refractivity contribution in [1.29, 1.82) is 5.26 Å². The molecule has 0 aliphatic carbocycles. The van der Waals surface area contributed by atoms with E-state index >= 15 is 0 Å². The van der Waals surface area contributed by atoms with Gasteiger partial charge in [0.2, 0.25) is 0 Å². The number of ether oxygens (including phenoxy) is 1. The fourth-order valence-corrected chi connectivity index (χ4v) is 4.95. The summed E-state index contributed by atoms with van der Waals surface area (Å²) in [6.45, 7) is 6.05. The molecular weight excluding hydrogens is 499 g/mol. The summed E-state index contributed by atoms with van der Waals surface area (Å²) in [5, 5.41) is 10.9. The van der Waals surface area contributed by atoms with Crippen LogP contribution in [0.15, 0.2) is 53.6 Å². The molecule has 0 saturated carbocycles. The van der Waals surface area contributed by atoms with Gasteiger partial charge in [-0.2, -0.15) is 13.7 Å². The Morgan fingerprint density at radius 1 is 1.16 bits per heavy atom. The molecule has 0 fully saturated rings. The Balaban J connectivity index is 1.88. The monoisotopic (exact) mass is 520 g/mol. The van der Waals surface area contributed by atoms with Gasteiger partial charge in [0.05, 0.1) is 40.7 Å². The molecule has 2 aromatic carbocycles. The molecule has 0 bridgehead atoms. The highest BCUT2D eigenvalue weighted by atomic mass is 32.3. The molecule has 11 heteroatoms. The molecule has 3 aromatic heterocycles. The average Bonchev–Trinajstić information content (AvgIpc) is 3.21. The molecule has 0 spiro atoms. The summed E-state index contributed by atoms with van der Waals surface area (Å²) in [6.07, 6.45) is 2.54. The van der Waals surface area contributed by atoms with Crippen LogP contribution in [-0.4, -0.2) is 29.6 Å². The predicted octanol–water partition coefficient (Wildman–Crippen LogP) is 5.14. The molecule has 0 amide bonds. The molecule has 188 valence electrons. The summed E-state index contributed by atoms with van der Waals surface area (Å²) in [4.78, 5) is 21.1. The van der Waals surface area contributed by atoms with E-state index in [1.807, 2.05) is 18.4 Å². The lowest BCUT2D eigenvalue weighted by molar-refractivity contribution is 0.342. The van der Waals surface area contributed by atoms with Crippen molar-refractivity contribution in [3.8, 4) is 28.7 Å². The first kappa shape index (κ1) is 24.3. The molecule has 0 unspecified atom stereocenters. The van der Waals surface area contributed by atoms with E-state index in [-0.39, 0.29) is 17.2 Å². The zero-order valence-corrected chi connectivity index (χ0v) is 20.9. The summed E-state index contributed by atoms with van der Waals surface area (Å²) in [6, 6.07) is 11.9. The number of halogens is 1. The van der Waals surface area contributed by atoms with Crippen LogP contribution in [0.1, 0.15) is 32.4 Å². The molecule has 0 radical (unpaired) electrons. The van der Waals surface area contributed by atoms with Crippen molar-refractivity contribution < 1.29 is 21.2 Å². The van der Waals surface area contributed by atoms with Crippen LogP contribution in [-0.2, 0) is 10.5 Å². The van der Waals surface area contributed by atoms with E-state index in [1.165, 1.54) is 12.3 Å². The average molecular weight is 521 g/mol. The Bertz CT molecular complexity index is 1920. The van der Waals surface area contributed by atoms with Gasteiger partial charge in [-0.05, 0) is 51.1 Å². The Morgan fingerprint density at radius 3 is 2.62 bits per heavy atom. The van der Waals surface area contributed by atoms with E-state index in [0.717, 1.165) is 6.20 Å². The molecule has 0 aliphatic rings. The van der Waals surface area contributed by atoms with Crippen LogP contribution in [0.25, 0.3) is 44.0 Å². The van der Waals surface area contributed by atoms with Crippen LogP contribution in [0.2, 0.25) is 0 Å². The first-order valence-electron chi connectivity index (χ1n) is 11.4. The number of fused-ring (bicyclic) bond motifs is 4. The van der Waals surface area contributed by atoms with Gasteiger partial charge < -0.3 is 18.5 Å². The Morgan fingerprint density at radius 2 is 1.95 bits per heavy atom. The smallest absolute Gasteiger partial charge is 0.488 e. The van der Waals surface area contributed by atoms with Crippen molar-refractivity contribution in [1.82, 2.24) is 14.5 Å². The van der Waals surface area contributed by atoms with Gasteiger partial charge in [0.25, 0.3) is 0 Å². The lowest BCUT2D eigenvalue weighted by atomic mass is 10.0. The van der Waals surface area contributed by atoms with E-state index in [1.54, 1.807) is 37.3 Å². The second-order valence-corrected chi connectivity index (χ2v) is 9.65. The topological polar surface area (TPSA) is 127 Å². The van der Waals surface area contributed by atoms with Crippen LogP contribution in [0, 0.1) is 11.3 Å². The highest BCUT2D eigenvalue weighted by Crippen LogP contribution is 2.37. The minimum absolute atomic E-state index is 0.0793. The summed E-state index contributed by atoms with van der Waals surface area (Å²) < 4.78 is 47.3. The predicted molar refractivity (Wildman–Crippen MR) is 138 cm³/mol. The van der Waals surface area contributed by atoms with Crippen molar-refractivity contribution in [3.05, 3.63) is 64.6 Å². The van der Waals surface area contributed by atoms with Crippen molar-refractivity contribution in [2.75, 3.05) is 6.61 Å². The number of hydrogen-bond acceptors (Lipinski definition) is 7. The maximum absolute atomic E-state index is 13.8. The molecule has 0 saturated heterocycles. The molecule has 0 atom stereocenters. The van der Waals surface area contributed by atoms with Crippen LogP contribution in [0.3, 0.4) is 0 Å². The number of pyridine rings is 2. The Hall–Kier alpha value is -4.43. The van der Waals surface area contributed by atoms with Gasteiger partial charge in [-0.3, -0.25) is 9.78 Å². The number of aromatic nitrogens is 3. The molecule has 0 aliphatic heterocycles. The van der Waals surface area contributed by atoms with E-state index in [9.17, 15) is 22.4 Å². The minimum Gasteiger partial charge on any atom is -0.493 e. The normalized spacial score (nSPS) is 11.9. The molecule has 9 nitrogen and oxygen atoms in total. The first-order valence-corrected chi connectivity index (χ1v) is 12.7. The number of benzene rings is 2. The SMILES string of the molecule is CCOc1cc2c(=O)c3c4ccc(C#N)cc4[nH]c3n(C(C)C)c2cc1-c1cncc(OS(=O)(=O)F)c1. The van der Waals surface area contributed by atoms with Crippen molar-refractivity contribution in [2.24, 2.45) is 0 Å². The number of H-pyrrole nitrogens is 1. The summed E-state index contributed by atoms with van der Waals surface area (Å²) >= 11 is 0. The molecule has 37 heavy (non-hydrogen) atoms. The van der Waals surface area contributed by atoms with Crippen LogP contribution < -0.4 is 14.3 Å². The second-order valence-electron chi connectivity index (χ2n) is 8.70. The number of hydrogen-bond donors (Lipinski definition) is 1.